The van der Waals surface area contributed by atoms with E-state index in [0.29, 0.717) is 6.54 Å². The van der Waals surface area contributed by atoms with Gasteiger partial charge in [0.2, 0.25) is 0 Å². The Labute approximate surface area is 270 Å². The molecule has 0 heterocycles. The van der Waals surface area contributed by atoms with Gasteiger partial charge in [0, 0.05) is 28.6 Å². The molecule has 0 N–H and O–H groups in total. The van der Waals surface area contributed by atoms with Crippen LogP contribution in [0.3, 0.4) is 0 Å². The summed E-state index contributed by atoms with van der Waals surface area (Å²) in [7, 11) is 13.6. The fourth-order valence-electron chi connectivity index (χ4n) is 5.07. The summed E-state index contributed by atoms with van der Waals surface area (Å²) in [4.78, 5) is 2.23. The van der Waals surface area contributed by atoms with Crippen LogP contribution in [0.5, 0.6) is 0 Å². The summed E-state index contributed by atoms with van der Waals surface area (Å²) in [6, 6.07) is 32.6. The van der Waals surface area contributed by atoms with E-state index in [4.69, 9.17) is 30.3 Å². The normalized spacial score (nSPS) is 12.3. The second-order valence-electron chi connectivity index (χ2n) is 12.4. The number of hydrogen-bond acceptors (Lipinski definition) is 2. The molecule has 227 valence electrons. The molecule has 0 aliphatic heterocycles. The minimum atomic E-state index is -3.11. The third-order valence-electron chi connectivity index (χ3n) is 7.30. The number of nitrogens with zero attached hydrogens (tertiary/aromatic N) is 1. The van der Waals surface area contributed by atoms with Gasteiger partial charge in [-0.15, -0.1) is 23.3 Å². The van der Waals surface area contributed by atoms with E-state index in [2.05, 4.69) is 78.6 Å². The van der Waals surface area contributed by atoms with Crippen molar-refractivity contribution >= 4 is 59.0 Å². The van der Waals surface area contributed by atoms with E-state index in [1.165, 1.54) is 16.7 Å². The number of benzene rings is 4. The predicted molar refractivity (Wildman–Crippen MR) is 184 cm³/mol. The Morgan fingerprint density at radius 2 is 1.19 bits per heavy atom. The van der Waals surface area contributed by atoms with Crippen LogP contribution in [0.4, 0.5) is 5.69 Å². The molecule has 4 aromatic rings. The van der Waals surface area contributed by atoms with E-state index in [-0.39, 0.29) is 10.8 Å². The average molecular weight is 685 g/mol. The van der Waals surface area contributed by atoms with Gasteiger partial charge in [-0.25, -0.2) is 0 Å². The van der Waals surface area contributed by atoms with Crippen molar-refractivity contribution in [2.45, 2.75) is 58.9 Å². The fourth-order valence-corrected chi connectivity index (χ4v) is 7.97. The fraction of sp³-hybridized carbons (Fsp3) is 0.286. The quantitative estimate of drug-likeness (QED) is 0.115. The first-order chi connectivity index (χ1) is 19.6. The summed E-state index contributed by atoms with van der Waals surface area (Å²) < 4.78 is 15.2. The van der Waals surface area contributed by atoms with Crippen LogP contribution in [0.1, 0.15) is 63.8 Å². The topological polar surface area (TPSA) is 20.3 Å². The van der Waals surface area contributed by atoms with Crippen molar-refractivity contribution in [1.82, 2.24) is 0 Å². The van der Waals surface area contributed by atoms with E-state index in [1.54, 1.807) is 0 Å². The Kier molecular flexibility index (Phi) is 11.8. The summed E-state index contributed by atoms with van der Waals surface area (Å²) in [5.74, 6) is 0. The zero-order valence-electron chi connectivity index (χ0n) is 25.4. The van der Waals surface area contributed by atoms with Gasteiger partial charge < -0.3 is 9.46 Å². The zero-order chi connectivity index (χ0) is 31.3. The number of para-hydroxylation sites is 1. The maximum absolute atomic E-state index is 15.2. The van der Waals surface area contributed by atoms with Crippen LogP contribution in [0.25, 0.3) is 0 Å². The Morgan fingerprint density at radius 3 is 1.64 bits per heavy atom. The molecule has 0 amide bonds. The van der Waals surface area contributed by atoms with Gasteiger partial charge in [-0.2, -0.15) is 12.5 Å². The maximum atomic E-state index is 15.2. The van der Waals surface area contributed by atoms with Gasteiger partial charge >= 0.3 is 41.5 Å². The number of anilines is 1. The van der Waals surface area contributed by atoms with Gasteiger partial charge in [0.25, 0.3) is 0 Å². The van der Waals surface area contributed by atoms with E-state index in [0.717, 1.165) is 27.2 Å². The first-order valence-corrected chi connectivity index (χ1v) is 20.0. The molecule has 0 spiro atoms. The van der Waals surface area contributed by atoms with Crippen molar-refractivity contribution in [2.75, 3.05) is 11.9 Å². The molecule has 7 heteroatoms. The predicted octanol–water partition coefficient (Wildman–Crippen LogP) is 9.81. The average Bonchev–Trinajstić information content (AvgIpc) is 2.93. The Hall–Kier alpha value is -1.83. The van der Waals surface area contributed by atoms with Crippen LogP contribution in [0.2, 0.25) is 0 Å². The van der Waals surface area contributed by atoms with E-state index in [1.807, 2.05) is 78.9 Å². The van der Waals surface area contributed by atoms with Crippen LogP contribution in [-0.2, 0) is 33.1 Å². The van der Waals surface area contributed by atoms with Gasteiger partial charge in [0.1, 0.15) is 0 Å². The van der Waals surface area contributed by atoms with Crippen molar-refractivity contribution in [1.29, 1.82) is 0 Å². The van der Waals surface area contributed by atoms with Crippen molar-refractivity contribution in [2.24, 2.45) is 0 Å². The van der Waals surface area contributed by atoms with Gasteiger partial charge in [-0.1, -0.05) is 125 Å². The molecule has 0 fully saturated rings. The summed E-state index contributed by atoms with van der Waals surface area (Å²) >= 11 is -1.33. The van der Waals surface area contributed by atoms with Crippen LogP contribution >= 0.6 is 37.4 Å². The summed E-state index contributed by atoms with van der Waals surface area (Å²) in [5, 5.41) is 2.54. The van der Waals surface area contributed by atoms with Gasteiger partial charge in [-0.3, -0.25) is 0 Å². The number of rotatable bonds is 6. The Morgan fingerprint density at radius 1 is 0.738 bits per heavy atom. The van der Waals surface area contributed by atoms with Gasteiger partial charge in [0.15, 0.2) is 7.14 Å². The van der Waals surface area contributed by atoms with Crippen molar-refractivity contribution in [3.8, 4) is 0 Å². The SMILES string of the molecule is [CH2-]c1c(CN(C)c2ccccc2P(=O)(c2ccccc2)c2ccccc2)cc(C(C)(C)C)cc1C(C)(C)C.[Cl][Fe]([Cl])[Cl]. The molecule has 0 atom stereocenters. The van der Waals surface area contributed by atoms with Gasteiger partial charge in [0.05, 0.1) is 0 Å². The number of hydrogen-bond donors (Lipinski definition) is 0. The first kappa shape index (κ1) is 34.7. The van der Waals surface area contributed by atoms with Crippen LogP contribution < -0.4 is 20.8 Å². The molecular weight excluding hydrogens is 644 g/mol. The standard InChI is InChI=1S/C35H41NOP.3ClH.Fe/c1-26-27(23-28(34(2,3)4)24-31(26)35(5,6)7)25-36(8)32-21-15-16-22-33(32)38(37,29-17-11-9-12-18-29)30-19-13-10-14-20-30;;;;/h9-24H,1,25H2,2-8H3;3*1H;/q-1;;;;+3/p-3. The third-order valence-corrected chi connectivity index (χ3v) is 10.4. The molecule has 0 bridgehead atoms. The molecular formula is C35H41Cl3FeNOP-. The molecule has 0 aliphatic rings. The monoisotopic (exact) mass is 683 g/mol. The van der Waals surface area contributed by atoms with Gasteiger partial charge in [-0.05, 0) is 24.1 Å². The Bertz CT molecular complexity index is 1470. The number of halogens is 3. The van der Waals surface area contributed by atoms with E-state index < -0.39 is 18.3 Å². The first-order valence-electron chi connectivity index (χ1n) is 13.8. The summed E-state index contributed by atoms with van der Waals surface area (Å²) in [6.45, 7) is 18.8. The molecule has 0 aromatic heterocycles. The van der Waals surface area contributed by atoms with Crippen LogP contribution in [0.15, 0.2) is 97.1 Å². The Balaban J connectivity index is 0.00000114. The zero-order valence-corrected chi connectivity index (χ0v) is 29.7. The second-order valence-corrected chi connectivity index (χ2v) is 20.6. The van der Waals surface area contributed by atoms with E-state index >= 15 is 4.57 Å². The molecule has 0 saturated heterocycles. The van der Waals surface area contributed by atoms with Crippen LogP contribution in [-0.4, -0.2) is 7.05 Å². The molecule has 2 nitrogen and oxygen atoms in total. The van der Waals surface area contributed by atoms with Crippen molar-refractivity contribution in [3.05, 3.63) is 126 Å². The molecule has 0 saturated carbocycles. The molecule has 0 aliphatic carbocycles. The summed E-state index contributed by atoms with van der Waals surface area (Å²) in [5.41, 5.74) is 5.86. The second kappa shape index (κ2) is 14.3. The molecule has 0 radical (unpaired) electrons. The molecule has 4 aromatic carbocycles. The molecule has 42 heavy (non-hydrogen) atoms. The van der Waals surface area contributed by atoms with E-state index in [9.17, 15) is 0 Å². The molecule has 0 unspecified atom stereocenters. The summed E-state index contributed by atoms with van der Waals surface area (Å²) in [6.07, 6.45) is 0. The third kappa shape index (κ3) is 8.41. The van der Waals surface area contributed by atoms with Crippen molar-refractivity contribution < 1.29 is 15.7 Å². The minimum absolute atomic E-state index is 0.0140. The van der Waals surface area contributed by atoms with Crippen LogP contribution in [0, 0.1) is 6.92 Å². The van der Waals surface area contributed by atoms with Crippen molar-refractivity contribution in [3.63, 3.8) is 0 Å². The molecule has 4 rings (SSSR count).